The third-order valence-corrected chi connectivity index (χ3v) is 5.66. The summed E-state index contributed by atoms with van der Waals surface area (Å²) >= 11 is 0. The van der Waals surface area contributed by atoms with Gasteiger partial charge in [-0.2, -0.15) is 0 Å². The van der Waals surface area contributed by atoms with Gasteiger partial charge in [-0.15, -0.1) is 0 Å². The number of carbonyl (C=O) groups excluding carboxylic acids is 1. The minimum atomic E-state index is -1.75. The van der Waals surface area contributed by atoms with Gasteiger partial charge in [0.05, 0.1) is 5.09 Å². The number of nitrogens with zero attached hydrogens (tertiary/aromatic N) is 3. The fraction of sp³-hybridized carbons (Fsp3) is 0.500. The molecule has 1 heterocycles. The third-order valence-electron chi connectivity index (χ3n) is 5.66. The largest absolute Gasteiger partial charge is 0.396 e. The van der Waals surface area contributed by atoms with Crippen LogP contribution in [0.1, 0.15) is 45.6 Å². The van der Waals surface area contributed by atoms with Crippen LogP contribution in [-0.4, -0.2) is 53.3 Å². The van der Waals surface area contributed by atoms with Crippen LogP contribution in [-0.2, 0) is 11.2 Å². The number of likely N-dealkylation sites (tertiary alicyclic amines) is 1. The number of anilines is 1. The number of carbonyl (C=O) groups is 1. The van der Waals surface area contributed by atoms with Crippen LogP contribution in [0.4, 0.5) is 5.69 Å². The Balaban J connectivity index is 0.000000629. The van der Waals surface area contributed by atoms with Gasteiger partial charge in [0.25, 0.3) is 0 Å². The molecule has 1 amide bonds. The van der Waals surface area contributed by atoms with Crippen LogP contribution >= 0.6 is 0 Å². The van der Waals surface area contributed by atoms with Crippen molar-refractivity contribution in [3.63, 3.8) is 0 Å². The maximum Gasteiger partial charge on any atom is 0.226 e. The molecular weight excluding hydrogens is 434 g/mol. The number of hydrogen-bond donors (Lipinski definition) is 1. The van der Waals surface area contributed by atoms with Gasteiger partial charge in [0.15, 0.2) is 0 Å². The van der Waals surface area contributed by atoms with Gasteiger partial charge in [-0.1, -0.05) is 69.3 Å². The highest BCUT2D eigenvalue weighted by molar-refractivity contribution is 5.93. The Labute approximate surface area is 202 Å². The third kappa shape index (κ3) is 10.8. The first-order chi connectivity index (χ1) is 16.3. The van der Waals surface area contributed by atoms with Crippen molar-refractivity contribution in [3.8, 4) is 0 Å². The molecule has 0 radical (unpaired) electrons. The van der Waals surface area contributed by atoms with Crippen LogP contribution in [0.2, 0.25) is 0 Å². The van der Waals surface area contributed by atoms with E-state index in [0.717, 1.165) is 44.6 Å². The SMILES string of the molecule is CCC(=O)N(c1ccccc1)C1CCN(CCc2ccccc2)CC1C.CCCO.O=[N+]([O-])[O-]. The summed E-state index contributed by atoms with van der Waals surface area (Å²) in [6, 6.07) is 21.1. The summed E-state index contributed by atoms with van der Waals surface area (Å²) in [5.74, 6) is 0.695. The number of aliphatic hydroxyl groups excluding tert-OH is 1. The maximum absolute atomic E-state index is 12.7. The van der Waals surface area contributed by atoms with E-state index in [9.17, 15) is 4.79 Å². The van der Waals surface area contributed by atoms with E-state index in [2.05, 4.69) is 59.2 Å². The molecule has 0 bridgehead atoms. The first-order valence-corrected chi connectivity index (χ1v) is 11.9. The molecule has 2 aromatic carbocycles. The van der Waals surface area contributed by atoms with Crippen LogP contribution in [0.15, 0.2) is 60.7 Å². The van der Waals surface area contributed by atoms with E-state index in [4.69, 9.17) is 20.4 Å². The molecule has 34 heavy (non-hydrogen) atoms. The number of rotatable bonds is 7. The average molecular weight is 473 g/mol. The van der Waals surface area contributed by atoms with Crippen LogP contribution in [0, 0.1) is 21.2 Å². The molecule has 3 rings (SSSR count). The van der Waals surface area contributed by atoms with Gasteiger partial charge in [-0.05, 0) is 42.9 Å². The summed E-state index contributed by atoms with van der Waals surface area (Å²) < 4.78 is 0. The van der Waals surface area contributed by atoms with Gasteiger partial charge < -0.3 is 30.2 Å². The molecule has 2 aromatic rings. The standard InChI is InChI=1S/C23H30N2O.C3H8O.NO3/c1-3-23(26)25(21-12-8-5-9-13-21)22-15-17-24(18-19(22)2)16-14-20-10-6-4-7-11-20;1-2-3-4;2-1(3)4/h4-13,19,22H,3,14-18H2,1-2H3;4H,2-3H2,1H3;/q;;-1. The Morgan fingerprint density at radius 2 is 1.62 bits per heavy atom. The molecule has 8 nitrogen and oxygen atoms in total. The first kappa shape index (κ1) is 29.1. The lowest BCUT2D eigenvalue weighted by Gasteiger charge is -2.42. The fourth-order valence-electron chi connectivity index (χ4n) is 4.02. The molecular formula is C26H38N3O5-. The van der Waals surface area contributed by atoms with E-state index in [-0.39, 0.29) is 11.9 Å². The second-order valence-corrected chi connectivity index (χ2v) is 8.27. The average Bonchev–Trinajstić information content (AvgIpc) is 2.85. The molecule has 2 atom stereocenters. The molecule has 2 unspecified atom stereocenters. The highest BCUT2D eigenvalue weighted by atomic mass is 16.9. The van der Waals surface area contributed by atoms with E-state index in [0.29, 0.717) is 18.9 Å². The normalized spacial score (nSPS) is 17.4. The van der Waals surface area contributed by atoms with Crippen molar-refractivity contribution in [1.29, 1.82) is 0 Å². The Bertz CT molecular complexity index is 814. The van der Waals surface area contributed by atoms with E-state index in [1.165, 1.54) is 5.56 Å². The van der Waals surface area contributed by atoms with E-state index < -0.39 is 5.09 Å². The summed E-state index contributed by atoms with van der Waals surface area (Å²) in [5.41, 5.74) is 2.43. The maximum atomic E-state index is 12.7. The smallest absolute Gasteiger partial charge is 0.226 e. The molecule has 0 saturated carbocycles. The topological polar surface area (TPSA) is 110 Å². The zero-order valence-electron chi connectivity index (χ0n) is 20.5. The quantitative estimate of drug-likeness (QED) is 0.468. The number of aliphatic hydroxyl groups is 1. The molecule has 8 heteroatoms. The van der Waals surface area contributed by atoms with Crippen molar-refractivity contribution in [3.05, 3.63) is 81.5 Å². The zero-order chi connectivity index (χ0) is 25.3. The number of piperidine rings is 1. The lowest BCUT2D eigenvalue weighted by atomic mass is 9.91. The van der Waals surface area contributed by atoms with Crippen LogP contribution in [0.3, 0.4) is 0 Å². The Morgan fingerprint density at radius 1 is 1.09 bits per heavy atom. The highest BCUT2D eigenvalue weighted by Crippen LogP contribution is 2.28. The molecule has 1 saturated heterocycles. The van der Waals surface area contributed by atoms with Crippen LogP contribution < -0.4 is 4.90 Å². The fourth-order valence-corrected chi connectivity index (χ4v) is 4.02. The minimum Gasteiger partial charge on any atom is -0.396 e. The molecule has 1 aliphatic heterocycles. The van der Waals surface area contributed by atoms with Crippen molar-refractivity contribution in [2.75, 3.05) is 31.1 Å². The van der Waals surface area contributed by atoms with Crippen molar-refractivity contribution < 1.29 is 15.0 Å². The van der Waals surface area contributed by atoms with Gasteiger partial charge in [-0.3, -0.25) is 4.79 Å². The molecule has 1 fully saturated rings. The lowest BCUT2D eigenvalue weighted by molar-refractivity contribution is -0.402. The van der Waals surface area contributed by atoms with Gasteiger partial charge in [0, 0.05) is 44.4 Å². The molecule has 188 valence electrons. The summed E-state index contributed by atoms with van der Waals surface area (Å²) in [6.45, 7) is 9.70. The summed E-state index contributed by atoms with van der Waals surface area (Å²) in [7, 11) is 0. The van der Waals surface area contributed by atoms with Gasteiger partial charge in [0.1, 0.15) is 0 Å². The number of amides is 1. The summed E-state index contributed by atoms with van der Waals surface area (Å²) in [5, 5.41) is 22.6. The van der Waals surface area contributed by atoms with Gasteiger partial charge in [0.2, 0.25) is 5.91 Å². The van der Waals surface area contributed by atoms with Crippen molar-refractivity contribution >= 4 is 11.6 Å². The predicted octanol–water partition coefficient (Wildman–Crippen LogP) is 4.53. The minimum absolute atomic E-state index is 0.228. The van der Waals surface area contributed by atoms with Gasteiger partial charge >= 0.3 is 0 Å². The predicted molar refractivity (Wildman–Crippen MR) is 136 cm³/mol. The number of benzene rings is 2. The second-order valence-electron chi connectivity index (χ2n) is 8.27. The highest BCUT2D eigenvalue weighted by Gasteiger charge is 2.33. The monoisotopic (exact) mass is 472 g/mol. The number of hydrogen-bond acceptors (Lipinski definition) is 6. The zero-order valence-corrected chi connectivity index (χ0v) is 20.5. The molecule has 1 aliphatic rings. The van der Waals surface area contributed by atoms with E-state index in [1.807, 2.05) is 32.0 Å². The van der Waals surface area contributed by atoms with Crippen LogP contribution in [0.5, 0.6) is 0 Å². The molecule has 0 aromatic heterocycles. The number of para-hydroxylation sites is 1. The Hall–Kier alpha value is -2.97. The van der Waals surface area contributed by atoms with E-state index in [1.54, 1.807) is 0 Å². The summed E-state index contributed by atoms with van der Waals surface area (Å²) in [4.78, 5) is 25.5. The van der Waals surface area contributed by atoms with Crippen LogP contribution in [0.25, 0.3) is 0 Å². The Morgan fingerprint density at radius 3 is 2.09 bits per heavy atom. The van der Waals surface area contributed by atoms with Crippen molar-refractivity contribution in [1.82, 2.24) is 4.90 Å². The van der Waals surface area contributed by atoms with Gasteiger partial charge in [-0.25, -0.2) is 0 Å². The molecule has 0 aliphatic carbocycles. The first-order valence-electron chi connectivity index (χ1n) is 11.9. The summed E-state index contributed by atoms with van der Waals surface area (Å²) in [6.07, 6.45) is 3.56. The van der Waals surface area contributed by atoms with Crippen molar-refractivity contribution in [2.45, 2.75) is 52.5 Å². The van der Waals surface area contributed by atoms with Crippen molar-refractivity contribution in [2.24, 2.45) is 5.92 Å². The lowest BCUT2D eigenvalue weighted by Crippen LogP contribution is -2.52. The van der Waals surface area contributed by atoms with E-state index >= 15 is 0 Å². The second kappa shape index (κ2) is 16.6. The Kier molecular flexibility index (Phi) is 14.2. The molecule has 0 spiro atoms. The molecule has 1 N–H and O–H groups in total.